The van der Waals surface area contributed by atoms with Crippen molar-refractivity contribution in [2.45, 2.75) is 45.6 Å². The van der Waals surface area contributed by atoms with E-state index < -0.39 is 0 Å². The fourth-order valence-corrected chi connectivity index (χ4v) is 1.30. The van der Waals surface area contributed by atoms with E-state index in [1.165, 1.54) is 0 Å². The minimum Gasteiger partial charge on any atom is -0.474 e. The van der Waals surface area contributed by atoms with Crippen molar-refractivity contribution in [2.24, 2.45) is 5.73 Å². The maximum absolute atomic E-state index is 5.52. The van der Waals surface area contributed by atoms with Crippen LogP contribution in [0.15, 0.2) is 12.5 Å². The minimum absolute atomic E-state index is 0.201. The van der Waals surface area contributed by atoms with E-state index in [-0.39, 0.29) is 5.60 Å². The Balaban J connectivity index is 3.25. The second kappa shape index (κ2) is 9.31. The van der Waals surface area contributed by atoms with Gasteiger partial charge >= 0.3 is 0 Å². The number of unbranched alkanes of at least 4 members (excludes halogenated alkanes) is 2. The topological polar surface area (TPSA) is 56.5 Å². The first-order valence-electron chi connectivity index (χ1n) is 6.35. The molecule has 102 valence electrons. The molecule has 17 heavy (non-hydrogen) atoms. The van der Waals surface area contributed by atoms with Gasteiger partial charge in [-0.25, -0.2) is 0 Å². The molecular formula is C13H28N2O2. The summed E-state index contributed by atoms with van der Waals surface area (Å²) in [7, 11) is 0. The molecule has 0 unspecified atom stereocenters. The van der Waals surface area contributed by atoms with Crippen LogP contribution in [-0.2, 0) is 9.47 Å². The summed E-state index contributed by atoms with van der Waals surface area (Å²) in [4.78, 5) is 0. The molecule has 0 saturated carbocycles. The standard InChI is InChI=1S/C13H28N2O2/c1-12(17-13(2,3)4)15-9-11-16-10-7-5-6-8-14/h15H,1,5-11,14H2,2-4H3. The van der Waals surface area contributed by atoms with Crippen molar-refractivity contribution in [1.82, 2.24) is 5.32 Å². The predicted molar refractivity (Wildman–Crippen MR) is 71.7 cm³/mol. The second-order valence-corrected chi connectivity index (χ2v) is 5.03. The van der Waals surface area contributed by atoms with Crippen LogP contribution in [0.5, 0.6) is 0 Å². The number of nitrogens with two attached hydrogens (primary N) is 1. The van der Waals surface area contributed by atoms with E-state index in [9.17, 15) is 0 Å². The Hall–Kier alpha value is -0.740. The SMILES string of the molecule is C=C(NCCOCCCCCN)OC(C)(C)C. The van der Waals surface area contributed by atoms with Gasteiger partial charge in [-0.05, 0) is 53.2 Å². The molecule has 0 aliphatic carbocycles. The summed E-state index contributed by atoms with van der Waals surface area (Å²) in [6.45, 7) is 12.8. The summed E-state index contributed by atoms with van der Waals surface area (Å²) >= 11 is 0. The summed E-state index contributed by atoms with van der Waals surface area (Å²) in [5.41, 5.74) is 5.20. The number of rotatable bonds is 10. The number of ether oxygens (including phenoxy) is 2. The van der Waals surface area contributed by atoms with Crippen LogP contribution in [0.3, 0.4) is 0 Å². The third kappa shape index (κ3) is 13.2. The number of hydrogen-bond donors (Lipinski definition) is 2. The van der Waals surface area contributed by atoms with Crippen LogP contribution < -0.4 is 11.1 Å². The molecular weight excluding hydrogens is 216 g/mol. The van der Waals surface area contributed by atoms with Crippen molar-refractivity contribution in [3.63, 3.8) is 0 Å². The van der Waals surface area contributed by atoms with Gasteiger partial charge in [0.05, 0.1) is 6.61 Å². The van der Waals surface area contributed by atoms with Crippen LogP contribution in [0.4, 0.5) is 0 Å². The highest BCUT2D eigenvalue weighted by Gasteiger charge is 2.11. The molecule has 0 fully saturated rings. The molecule has 4 nitrogen and oxygen atoms in total. The molecule has 0 radical (unpaired) electrons. The lowest BCUT2D eigenvalue weighted by atomic mass is 10.2. The number of nitrogens with one attached hydrogen (secondary N) is 1. The summed E-state index contributed by atoms with van der Waals surface area (Å²) in [5.74, 6) is 0.601. The Bertz CT molecular complexity index is 200. The van der Waals surface area contributed by atoms with Gasteiger partial charge in [0.2, 0.25) is 0 Å². The van der Waals surface area contributed by atoms with Gasteiger partial charge in [-0.2, -0.15) is 0 Å². The third-order valence-electron chi connectivity index (χ3n) is 1.99. The number of hydrogen-bond acceptors (Lipinski definition) is 4. The Morgan fingerprint density at radius 2 is 1.88 bits per heavy atom. The molecule has 0 atom stereocenters. The van der Waals surface area contributed by atoms with E-state index in [1.807, 2.05) is 20.8 Å². The lowest BCUT2D eigenvalue weighted by Crippen LogP contribution is -2.27. The van der Waals surface area contributed by atoms with Crippen LogP contribution in [-0.4, -0.2) is 31.9 Å². The molecule has 0 aromatic heterocycles. The van der Waals surface area contributed by atoms with Crippen molar-refractivity contribution in [3.8, 4) is 0 Å². The maximum Gasteiger partial charge on any atom is 0.179 e. The van der Waals surface area contributed by atoms with Gasteiger partial charge in [0, 0.05) is 13.2 Å². The molecule has 0 amide bonds. The Morgan fingerprint density at radius 1 is 1.18 bits per heavy atom. The van der Waals surface area contributed by atoms with Gasteiger partial charge in [0.25, 0.3) is 0 Å². The van der Waals surface area contributed by atoms with Crippen LogP contribution >= 0.6 is 0 Å². The van der Waals surface area contributed by atoms with Gasteiger partial charge in [-0.15, -0.1) is 0 Å². The average Bonchev–Trinajstić information content (AvgIpc) is 2.19. The van der Waals surface area contributed by atoms with Gasteiger partial charge in [0.1, 0.15) is 5.60 Å². The zero-order valence-corrected chi connectivity index (χ0v) is 11.6. The summed E-state index contributed by atoms with van der Waals surface area (Å²) in [6.07, 6.45) is 3.30. The minimum atomic E-state index is -0.201. The van der Waals surface area contributed by atoms with Crippen LogP contribution in [0.25, 0.3) is 0 Å². The summed E-state index contributed by atoms with van der Waals surface area (Å²) in [5, 5.41) is 3.08. The maximum atomic E-state index is 5.52. The lowest BCUT2D eigenvalue weighted by Gasteiger charge is -2.23. The van der Waals surface area contributed by atoms with E-state index >= 15 is 0 Å². The molecule has 0 bridgehead atoms. The first-order chi connectivity index (χ1) is 7.95. The van der Waals surface area contributed by atoms with Crippen molar-refractivity contribution in [2.75, 3.05) is 26.3 Å². The predicted octanol–water partition coefficient (Wildman–Crippen LogP) is 2.01. The molecule has 0 aromatic carbocycles. The van der Waals surface area contributed by atoms with Gasteiger partial charge in [-0.3, -0.25) is 0 Å². The van der Waals surface area contributed by atoms with E-state index in [0.29, 0.717) is 12.5 Å². The fraction of sp³-hybridized carbons (Fsp3) is 0.846. The van der Waals surface area contributed by atoms with Crippen LogP contribution in [0.2, 0.25) is 0 Å². The molecule has 0 rings (SSSR count). The van der Waals surface area contributed by atoms with Crippen molar-refractivity contribution in [1.29, 1.82) is 0 Å². The van der Waals surface area contributed by atoms with E-state index in [2.05, 4.69) is 11.9 Å². The van der Waals surface area contributed by atoms with Crippen molar-refractivity contribution >= 4 is 0 Å². The normalized spacial score (nSPS) is 11.3. The molecule has 0 aliphatic heterocycles. The van der Waals surface area contributed by atoms with Crippen LogP contribution in [0.1, 0.15) is 40.0 Å². The highest BCUT2D eigenvalue weighted by atomic mass is 16.5. The first-order valence-corrected chi connectivity index (χ1v) is 6.35. The van der Waals surface area contributed by atoms with E-state index in [0.717, 1.165) is 39.0 Å². The highest BCUT2D eigenvalue weighted by molar-refractivity contribution is 4.82. The lowest BCUT2D eigenvalue weighted by molar-refractivity contribution is 0.0382. The molecule has 0 saturated heterocycles. The zero-order chi connectivity index (χ0) is 13.1. The average molecular weight is 244 g/mol. The molecule has 4 heteroatoms. The highest BCUT2D eigenvalue weighted by Crippen LogP contribution is 2.09. The quantitative estimate of drug-likeness (QED) is 0.456. The van der Waals surface area contributed by atoms with E-state index in [1.54, 1.807) is 0 Å². The molecule has 0 aromatic rings. The first kappa shape index (κ1) is 16.3. The zero-order valence-electron chi connectivity index (χ0n) is 11.6. The molecule has 0 heterocycles. The van der Waals surface area contributed by atoms with Gasteiger partial charge in [0.15, 0.2) is 5.88 Å². The van der Waals surface area contributed by atoms with Gasteiger partial charge < -0.3 is 20.5 Å². The monoisotopic (exact) mass is 244 g/mol. The smallest absolute Gasteiger partial charge is 0.179 e. The van der Waals surface area contributed by atoms with Gasteiger partial charge in [-0.1, -0.05) is 0 Å². The van der Waals surface area contributed by atoms with Crippen molar-refractivity contribution < 1.29 is 9.47 Å². The van der Waals surface area contributed by atoms with Crippen molar-refractivity contribution in [3.05, 3.63) is 12.5 Å². The Kier molecular flexibility index (Phi) is 8.90. The molecule has 3 N–H and O–H groups in total. The Labute approximate surface area is 106 Å². The largest absolute Gasteiger partial charge is 0.474 e. The molecule has 0 aliphatic rings. The molecule has 0 spiro atoms. The van der Waals surface area contributed by atoms with Crippen LogP contribution in [0, 0.1) is 0 Å². The third-order valence-corrected chi connectivity index (χ3v) is 1.99. The second-order valence-electron chi connectivity index (χ2n) is 5.03. The van der Waals surface area contributed by atoms with E-state index in [4.69, 9.17) is 15.2 Å². The summed E-state index contributed by atoms with van der Waals surface area (Å²) < 4.78 is 11.0. The Morgan fingerprint density at radius 3 is 2.47 bits per heavy atom. The summed E-state index contributed by atoms with van der Waals surface area (Å²) in [6, 6.07) is 0. The fourth-order valence-electron chi connectivity index (χ4n) is 1.30.